The SMILES string of the molecule is CC(C)(C)C1=NC=C2C=CC(=O)NC3=C2N1CC3. The van der Waals surface area contributed by atoms with Gasteiger partial charge < -0.3 is 10.2 Å². The Morgan fingerprint density at radius 3 is 2.83 bits per heavy atom. The first-order valence-corrected chi connectivity index (χ1v) is 6.25. The molecular weight excluding hydrogens is 226 g/mol. The van der Waals surface area contributed by atoms with Crippen molar-refractivity contribution in [2.24, 2.45) is 10.4 Å². The maximum Gasteiger partial charge on any atom is 0.248 e. The highest BCUT2D eigenvalue weighted by molar-refractivity contribution is 5.95. The highest BCUT2D eigenvalue weighted by Gasteiger charge is 2.36. The minimum Gasteiger partial charge on any atom is -0.327 e. The van der Waals surface area contributed by atoms with Crippen LogP contribution in [0.5, 0.6) is 0 Å². The Labute approximate surface area is 107 Å². The minimum absolute atomic E-state index is 0.00447. The molecular formula is C14H17N3O. The van der Waals surface area contributed by atoms with Crippen LogP contribution in [0.2, 0.25) is 0 Å². The molecule has 18 heavy (non-hydrogen) atoms. The predicted octanol–water partition coefficient (Wildman–Crippen LogP) is 1.93. The van der Waals surface area contributed by atoms with Gasteiger partial charge in [0.05, 0.1) is 5.70 Å². The Hall–Kier alpha value is -1.84. The van der Waals surface area contributed by atoms with E-state index in [1.54, 1.807) is 6.08 Å². The first-order chi connectivity index (χ1) is 8.47. The van der Waals surface area contributed by atoms with Gasteiger partial charge >= 0.3 is 0 Å². The van der Waals surface area contributed by atoms with Gasteiger partial charge in [0.25, 0.3) is 0 Å². The highest BCUT2D eigenvalue weighted by Crippen LogP contribution is 2.36. The van der Waals surface area contributed by atoms with Crippen molar-refractivity contribution in [1.82, 2.24) is 10.2 Å². The third-order valence-corrected chi connectivity index (χ3v) is 3.36. The van der Waals surface area contributed by atoms with Crippen LogP contribution in [0.15, 0.2) is 40.3 Å². The molecule has 3 rings (SSSR count). The lowest BCUT2D eigenvalue weighted by Crippen LogP contribution is -2.39. The fourth-order valence-electron chi connectivity index (χ4n) is 2.62. The summed E-state index contributed by atoms with van der Waals surface area (Å²) in [6.07, 6.45) is 6.16. The van der Waals surface area contributed by atoms with Crippen molar-refractivity contribution in [3.63, 3.8) is 0 Å². The standard InChI is InChI=1S/C14H17N3O/c1-14(2,3)13-15-8-9-4-5-11(18)16-10-6-7-17(13)12(9)10/h4-5,8H,6-7H2,1-3H3,(H,16,18). The summed E-state index contributed by atoms with van der Waals surface area (Å²) in [5.74, 6) is 1.02. The lowest BCUT2D eigenvalue weighted by atomic mass is 9.92. The number of amides is 1. The van der Waals surface area contributed by atoms with Gasteiger partial charge in [-0.1, -0.05) is 20.8 Å². The summed E-state index contributed by atoms with van der Waals surface area (Å²) in [6, 6.07) is 0. The van der Waals surface area contributed by atoms with E-state index in [0.29, 0.717) is 0 Å². The summed E-state index contributed by atoms with van der Waals surface area (Å²) in [7, 11) is 0. The van der Waals surface area contributed by atoms with Crippen LogP contribution in [-0.4, -0.2) is 23.2 Å². The molecule has 1 N–H and O–H groups in total. The summed E-state index contributed by atoms with van der Waals surface area (Å²) in [5, 5.41) is 2.96. The van der Waals surface area contributed by atoms with E-state index >= 15 is 0 Å². The van der Waals surface area contributed by atoms with Crippen LogP contribution in [0.3, 0.4) is 0 Å². The third kappa shape index (κ3) is 1.60. The second kappa shape index (κ2) is 3.57. The van der Waals surface area contributed by atoms with Gasteiger partial charge in [-0.05, 0) is 6.08 Å². The number of carbonyl (C=O) groups is 1. The van der Waals surface area contributed by atoms with Crippen molar-refractivity contribution in [1.29, 1.82) is 0 Å². The van der Waals surface area contributed by atoms with E-state index in [2.05, 4.69) is 36.0 Å². The van der Waals surface area contributed by atoms with Crippen LogP contribution in [0, 0.1) is 5.41 Å². The third-order valence-electron chi connectivity index (χ3n) is 3.36. The summed E-state index contributed by atoms with van der Waals surface area (Å²) in [5.41, 5.74) is 3.17. The second-order valence-electron chi connectivity index (χ2n) is 5.84. The number of aliphatic imine (C=N–C) groups is 1. The monoisotopic (exact) mass is 243 g/mol. The maximum absolute atomic E-state index is 11.6. The average molecular weight is 243 g/mol. The largest absolute Gasteiger partial charge is 0.327 e. The quantitative estimate of drug-likeness (QED) is 0.706. The van der Waals surface area contributed by atoms with E-state index in [-0.39, 0.29) is 11.3 Å². The molecule has 3 aliphatic heterocycles. The number of carbonyl (C=O) groups excluding carboxylic acids is 1. The van der Waals surface area contributed by atoms with Gasteiger partial charge in [-0.2, -0.15) is 0 Å². The lowest BCUT2D eigenvalue weighted by molar-refractivity contribution is -0.115. The number of amidine groups is 1. The molecule has 0 unspecified atom stereocenters. The summed E-state index contributed by atoms with van der Waals surface area (Å²) < 4.78 is 0. The Balaban J connectivity index is 2.13. The van der Waals surface area contributed by atoms with Crippen LogP contribution in [-0.2, 0) is 4.79 Å². The van der Waals surface area contributed by atoms with Crippen molar-refractivity contribution < 1.29 is 4.79 Å². The van der Waals surface area contributed by atoms with E-state index < -0.39 is 0 Å². The van der Waals surface area contributed by atoms with Crippen molar-refractivity contribution in [3.05, 3.63) is 35.3 Å². The first kappa shape index (κ1) is 11.3. The lowest BCUT2D eigenvalue weighted by Gasteiger charge is -2.34. The molecule has 1 amide bonds. The van der Waals surface area contributed by atoms with Crippen LogP contribution < -0.4 is 5.32 Å². The van der Waals surface area contributed by atoms with Gasteiger partial charge in [0.1, 0.15) is 5.84 Å². The molecule has 0 saturated carbocycles. The first-order valence-electron chi connectivity index (χ1n) is 6.25. The molecule has 0 spiro atoms. The molecule has 0 fully saturated rings. The van der Waals surface area contributed by atoms with Gasteiger partial charge in [-0.15, -0.1) is 0 Å². The molecule has 0 aromatic carbocycles. The molecule has 0 radical (unpaired) electrons. The number of nitrogens with zero attached hydrogens (tertiary/aromatic N) is 2. The number of hydrogen-bond acceptors (Lipinski definition) is 3. The Bertz CT molecular complexity index is 544. The predicted molar refractivity (Wildman–Crippen MR) is 70.6 cm³/mol. The molecule has 4 nitrogen and oxygen atoms in total. The Kier molecular flexibility index (Phi) is 2.24. The Morgan fingerprint density at radius 2 is 2.11 bits per heavy atom. The highest BCUT2D eigenvalue weighted by atomic mass is 16.1. The normalized spacial score (nSPS) is 22.4. The van der Waals surface area contributed by atoms with Crippen LogP contribution in [0.4, 0.5) is 0 Å². The van der Waals surface area contributed by atoms with Crippen LogP contribution >= 0.6 is 0 Å². The fraction of sp³-hybridized carbons (Fsp3) is 0.429. The van der Waals surface area contributed by atoms with E-state index in [1.807, 2.05) is 12.3 Å². The summed E-state index contributed by atoms with van der Waals surface area (Å²) in [4.78, 5) is 18.4. The van der Waals surface area contributed by atoms with Gasteiger partial charge in [-0.25, -0.2) is 4.99 Å². The zero-order chi connectivity index (χ0) is 12.9. The van der Waals surface area contributed by atoms with Crippen molar-refractivity contribution in [2.75, 3.05) is 6.54 Å². The van der Waals surface area contributed by atoms with Crippen molar-refractivity contribution >= 4 is 11.7 Å². The topological polar surface area (TPSA) is 44.7 Å². The van der Waals surface area contributed by atoms with Crippen molar-refractivity contribution in [3.8, 4) is 0 Å². The van der Waals surface area contributed by atoms with E-state index in [0.717, 1.165) is 35.8 Å². The minimum atomic E-state index is -0.0491. The molecule has 0 bridgehead atoms. The van der Waals surface area contributed by atoms with Gasteiger partial charge in [-0.3, -0.25) is 4.79 Å². The molecule has 3 heterocycles. The van der Waals surface area contributed by atoms with E-state index in [4.69, 9.17) is 0 Å². The number of allylic oxidation sites excluding steroid dienone is 1. The van der Waals surface area contributed by atoms with Gasteiger partial charge in [0, 0.05) is 41.9 Å². The van der Waals surface area contributed by atoms with Gasteiger partial charge in [0.15, 0.2) is 0 Å². The summed E-state index contributed by atoms with van der Waals surface area (Å²) >= 11 is 0. The zero-order valence-electron chi connectivity index (χ0n) is 10.9. The zero-order valence-corrected chi connectivity index (χ0v) is 10.9. The average Bonchev–Trinajstić information content (AvgIpc) is 2.60. The molecule has 0 aromatic heterocycles. The van der Waals surface area contributed by atoms with Gasteiger partial charge in [0.2, 0.25) is 5.91 Å². The maximum atomic E-state index is 11.6. The molecule has 3 aliphatic rings. The van der Waals surface area contributed by atoms with Crippen LogP contribution in [0.25, 0.3) is 0 Å². The second-order valence-corrected chi connectivity index (χ2v) is 5.84. The van der Waals surface area contributed by atoms with E-state index in [9.17, 15) is 4.79 Å². The Morgan fingerprint density at radius 1 is 1.33 bits per heavy atom. The molecule has 0 saturated heterocycles. The number of nitrogens with one attached hydrogen (secondary N) is 1. The fourth-order valence-corrected chi connectivity index (χ4v) is 2.62. The molecule has 4 heteroatoms. The smallest absolute Gasteiger partial charge is 0.248 e. The molecule has 94 valence electrons. The number of rotatable bonds is 0. The van der Waals surface area contributed by atoms with Crippen LogP contribution in [0.1, 0.15) is 27.2 Å². The molecule has 0 aliphatic carbocycles. The number of hydrogen-bond donors (Lipinski definition) is 1. The van der Waals surface area contributed by atoms with Crippen molar-refractivity contribution in [2.45, 2.75) is 27.2 Å². The summed E-state index contributed by atoms with van der Waals surface area (Å²) in [6.45, 7) is 7.38. The van der Waals surface area contributed by atoms with E-state index in [1.165, 1.54) is 0 Å². The molecule has 0 aromatic rings. The molecule has 0 atom stereocenters.